The zero-order valence-corrected chi connectivity index (χ0v) is 15.5. The molecular formula is C19H30N2O4. The third kappa shape index (κ3) is 4.41. The van der Waals surface area contributed by atoms with Crippen LogP contribution in [0.1, 0.15) is 58.8 Å². The van der Waals surface area contributed by atoms with Crippen LogP contribution in [-0.4, -0.2) is 25.6 Å². The average Bonchev–Trinajstić information content (AvgIpc) is 2.62. The van der Waals surface area contributed by atoms with Gasteiger partial charge in [0.2, 0.25) is 5.91 Å². The van der Waals surface area contributed by atoms with Crippen molar-refractivity contribution in [2.75, 3.05) is 18.5 Å². The number of carbonyl (C=O) groups is 1. The van der Waals surface area contributed by atoms with Gasteiger partial charge in [-0.15, -0.1) is 0 Å². The lowest BCUT2D eigenvalue weighted by Gasteiger charge is -2.30. The maximum Gasteiger partial charge on any atom is 0.272 e. The van der Waals surface area contributed by atoms with Gasteiger partial charge in [-0.3, -0.25) is 14.4 Å². The first-order chi connectivity index (χ1) is 11.9. The van der Waals surface area contributed by atoms with Crippen molar-refractivity contribution in [1.82, 2.24) is 0 Å². The molecule has 0 bridgehead atoms. The second-order valence-electron chi connectivity index (χ2n) is 7.22. The number of hydrogen-bond donors (Lipinski definition) is 1. The normalized spacial score (nSPS) is 20.8. The molecule has 0 saturated heterocycles. The number of rotatable bonds is 9. The van der Waals surface area contributed by atoms with Crippen molar-refractivity contribution in [2.24, 2.45) is 17.6 Å². The van der Waals surface area contributed by atoms with Crippen molar-refractivity contribution in [2.45, 2.75) is 64.9 Å². The number of anilines is 1. The summed E-state index contributed by atoms with van der Waals surface area (Å²) in [6.07, 6.45) is 6.21. The fourth-order valence-electron chi connectivity index (χ4n) is 3.66. The van der Waals surface area contributed by atoms with Crippen LogP contribution in [0, 0.1) is 11.8 Å². The van der Waals surface area contributed by atoms with E-state index in [0.717, 1.165) is 44.9 Å². The van der Waals surface area contributed by atoms with Crippen molar-refractivity contribution < 1.29 is 9.53 Å². The zero-order valence-electron chi connectivity index (χ0n) is 15.5. The molecule has 0 spiro atoms. The van der Waals surface area contributed by atoms with Gasteiger partial charge in [0, 0.05) is 19.5 Å². The summed E-state index contributed by atoms with van der Waals surface area (Å²) in [4.78, 5) is 36.9. The molecule has 2 N–H and O–H groups in total. The number of nitrogens with two attached hydrogens (primary N) is 1. The quantitative estimate of drug-likeness (QED) is 0.688. The first-order valence-corrected chi connectivity index (χ1v) is 9.39. The van der Waals surface area contributed by atoms with Gasteiger partial charge in [-0.05, 0) is 50.9 Å². The van der Waals surface area contributed by atoms with E-state index < -0.39 is 10.9 Å². The smallest absolute Gasteiger partial charge is 0.272 e. The number of nitrogens with zero attached hydrogens (tertiary/aromatic N) is 1. The Morgan fingerprint density at radius 1 is 1.16 bits per heavy atom. The van der Waals surface area contributed by atoms with Crippen LogP contribution < -0.4 is 26.2 Å². The van der Waals surface area contributed by atoms with E-state index in [1.807, 2.05) is 25.8 Å². The van der Waals surface area contributed by atoms with Gasteiger partial charge >= 0.3 is 0 Å². The summed E-state index contributed by atoms with van der Waals surface area (Å²) < 4.78 is 5.75. The average molecular weight is 350 g/mol. The maximum absolute atomic E-state index is 12.0. The lowest BCUT2D eigenvalue weighted by Crippen LogP contribution is -2.41. The Kier molecular flexibility index (Phi) is 6.62. The van der Waals surface area contributed by atoms with Gasteiger partial charge < -0.3 is 15.4 Å². The van der Waals surface area contributed by atoms with E-state index in [4.69, 9.17) is 10.5 Å². The van der Waals surface area contributed by atoms with Gasteiger partial charge in [-0.1, -0.05) is 13.8 Å². The van der Waals surface area contributed by atoms with E-state index >= 15 is 0 Å². The summed E-state index contributed by atoms with van der Waals surface area (Å²) in [5, 5.41) is 0. The molecule has 140 valence electrons. The Hall–Kier alpha value is -1.85. The van der Waals surface area contributed by atoms with Crippen LogP contribution in [0.2, 0.25) is 0 Å². The lowest BCUT2D eigenvalue weighted by molar-refractivity contribution is -0.122. The minimum absolute atomic E-state index is 0.0162. The minimum atomic E-state index is -0.504. The molecule has 1 aromatic carbocycles. The molecule has 0 radical (unpaired) electrons. The van der Waals surface area contributed by atoms with Crippen LogP contribution in [0.4, 0.5) is 5.69 Å². The van der Waals surface area contributed by atoms with Crippen molar-refractivity contribution in [3.8, 4) is 5.75 Å². The van der Waals surface area contributed by atoms with Crippen molar-refractivity contribution in [1.29, 1.82) is 0 Å². The highest BCUT2D eigenvalue weighted by Gasteiger charge is 2.29. The van der Waals surface area contributed by atoms with E-state index in [1.54, 1.807) is 0 Å². The molecule has 0 atom stereocenters. The predicted octanol–water partition coefficient (Wildman–Crippen LogP) is 1.97. The Bertz CT molecular complexity index is 651. The van der Waals surface area contributed by atoms with Crippen molar-refractivity contribution in [3.05, 3.63) is 20.4 Å². The fourth-order valence-corrected chi connectivity index (χ4v) is 3.66. The van der Waals surface area contributed by atoms with Gasteiger partial charge in [0.05, 0.1) is 6.10 Å². The Morgan fingerprint density at radius 2 is 1.76 bits per heavy atom. The molecule has 6 nitrogen and oxygen atoms in total. The summed E-state index contributed by atoms with van der Waals surface area (Å²) in [7, 11) is 1.84. The Morgan fingerprint density at radius 3 is 2.28 bits per heavy atom. The molecular weight excluding hydrogens is 320 g/mol. The number of ether oxygens (including phenoxy) is 1. The summed E-state index contributed by atoms with van der Waals surface area (Å²) in [6, 6.07) is 0. The van der Waals surface area contributed by atoms with Crippen LogP contribution in [0.3, 0.4) is 0 Å². The highest BCUT2D eigenvalue weighted by atomic mass is 16.5. The Labute approximate surface area is 149 Å². The van der Waals surface area contributed by atoms with Gasteiger partial charge in [0.1, 0.15) is 5.69 Å². The standard InChI is InChI=1S/C19H30N2O4/c1-4-14(5-2)25-18-15(16(22)17(18)23)21(3)11-10-12-6-8-13(9-7-12)19(20)24/h12-14H,4-11H2,1-3H3,(H2,20,24). The number of carbonyl (C=O) groups excluding carboxylic acids is 1. The van der Waals surface area contributed by atoms with Crippen LogP contribution in [0.25, 0.3) is 0 Å². The van der Waals surface area contributed by atoms with Crippen LogP contribution in [0.15, 0.2) is 9.59 Å². The molecule has 1 amide bonds. The summed E-state index contributed by atoms with van der Waals surface area (Å²) in [5.41, 5.74) is 4.84. The molecule has 6 heteroatoms. The molecule has 0 aliphatic heterocycles. The first-order valence-electron chi connectivity index (χ1n) is 9.39. The molecule has 0 aromatic heterocycles. The highest BCUT2D eigenvalue weighted by Crippen LogP contribution is 2.31. The molecule has 1 aromatic rings. The lowest BCUT2D eigenvalue weighted by atomic mass is 9.80. The molecule has 25 heavy (non-hydrogen) atoms. The largest absolute Gasteiger partial charge is 0.484 e. The maximum atomic E-state index is 12.0. The van der Waals surface area contributed by atoms with Crippen molar-refractivity contribution >= 4 is 11.6 Å². The second-order valence-corrected chi connectivity index (χ2v) is 7.22. The van der Waals surface area contributed by atoms with Gasteiger partial charge in [0.15, 0.2) is 5.75 Å². The predicted molar refractivity (Wildman–Crippen MR) is 98.9 cm³/mol. The topological polar surface area (TPSA) is 89.7 Å². The third-order valence-electron chi connectivity index (χ3n) is 5.54. The summed E-state index contributed by atoms with van der Waals surface area (Å²) in [6.45, 7) is 4.72. The monoisotopic (exact) mass is 350 g/mol. The van der Waals surface area contributed by atoms with Crippen LogP contribution in [-0.2, 0) is 4.79 Å². The van der Waals surface area contributed by atoms with E-state index in [1.165, 1.54) is 0 Å². The van der Waals surface area contributed by atoms with Gasteiger partial charge in [-0.2, -0.15) is 0 Å². The highest BCUT2D eigenvalue weighted by molar-refractivity contribution is 5.76. The molecule has 0 unspecified atom stereocenters. The van der Waals surface area contributed by atoms with E-state index in [2.05, 4.69) is 0 Å². The Balaban J connectivity index is 1.90. The third-order valence-corrected chi connectivity index (χ3v) is 5.54. The fraction of sp³-hybridized carbons (Fsp3) is 0.737. The number of amides is 1. The van der Waals surface area contributed by atoms with Crippen LogP contribution >= 0.6 is 0 Å². The second kappa shape index (κ2) is 8.50. The zero-order chi connectivity index (χ0) is 18.6. The molecule has 1 aliphatic rings. The minimum Gasteiger partial charge on any atom is -0.484 e. The van der Waals surface area contributed by atoms with Crippen molar-refractivity contribution in [3.63, 3.8) is 0 Å². The molecule has 1 saturated carbocycles. The number of primary amides is 1. The van der Waals surface area contributed by atoms with E-state index in [9.17, 15) is 14.4 Å². The molecule has 1 fully saturated rings. The molecule has 2 rings (SSSR count). The molecule has 0 heterocycles. The summed E-state index contributed by atoms with van der Waals surface area (Å²) >= 11 is 0. The van der Waals surface area contributed by atoms with E-state index in [0.29, 0.717) is 18.2 Å². The van der Waals surface area contributed by atoms with Crippen LogP contribution in [0.5, 0.6) is 5.75 Å². The summed E-state index contributed by atoms with van der Waals surface area (Å²) in [5.74, 6) is 0.594. The first kappa shape index (κ1) is 19.5. The van der Waals surface area contributed by atoms with Gasteiger partial charge in [-0.25, -0.2) is 0 Å². The SMILES string of the molecule is CCC(CC)Oc1c(N(C)CCC2CCC(C(N)=O)CC2)c(=O)c1=O. The van der Waals surface area contributed by atoms with Gasteiger partial charge in [0.25, 0.3) is 10.9 Å². The number of hydrogen-bond acceptors (Lipinski definition) is 5. The van der Waals surface area contributed by atoms with E-state index in [-0.39, 0.29) is 23.7 Å². The molecule has 1 aliphatic carbocycles.